The van der Waals surface area contributed by atoms with E-state index in [4.69, 9.17) is 9.84 Å². The first-order valence-electron chi connectivity index (χ1n) is 15.2. The van der Waals surface area contributed by atoms with Crippen molar-refractivity contribution in [2.45, 2.75) is 124 Å². The maximum absolute atomic E-state index is 8.85. The average Bonchev–Trinajstić information content (AvgIpc) is 3.18. The molecule has 198 valence electrons. The molecule has 0 spiro atoms. The molecule has 1 N–H and O–H groups in total. The van der Waals surface area contributed by atoms with Gasteiger partial charge in [0.05, 0.1) is 19.3 Å². The van der Waals surface area contributed by atoms with Gasteiger partial charge in [-0.15, -0.1) is 11.8 Å². The smallest absolute Gasteiger partial charge is 0.0613 e. The van der Waals surface area contributed by atoms with E-state index < -0.39 is 0 Å². The summed E-state index contributed by atoms with van der Waals surface area (Å²) < 4.78 is 6.26. The largest absolute Gasteiger partial charge is 0.395 e. The van der Waals surface area contributed by atoms with Gasteiger partial charge in [0.1, 0.15) is 0 Å². The monoisotopic (exact) mass is 482 g/mol. The van der Waals surface area contributed by atoms with E-state index in [1.165, 1.54) is 64.2 Å². The van der Waals surface area contributed by atoms with Crippen molar-refractivity contribution < 1.29 is 9.84 Å². The maximum Gasteiger partial charge on any atom is 0.0613 e. The summed E-state index contributed by atoms with van der Waals surface area (Å²) in [7, 11) is 0. The van der Waals surface area contributed by atoms with Gasteiger partial charge in [0.25, 0.3) is 0 Å². The summed E-state index contributed by atoms with van der Waals surface area (Å²) in [5, 5.41) is 8.85. The topological polar surface area (TPSA) is 29.5 Å². The van der Waals surface area contributed by atoms with Gasteiger partial charge in [0.15, 0.2) is 0 Å². The van der Waals surface area contributed by atoms with Crippen molar-refractivity contribution >= 4 is 0 Å². The van der Waals surface area contributed by atoms with Crippen LogP contribution in [0.15, 0.2) is 11.6 Å². The van der Waals surface area contributed by atoms with Crippen molar-refractivity contribution in [2.75, 3.05) is 13.2 Å². The Bertz CT molecular complexity index is 787. The molecule has 0 radical (unpaired) electrons. The third kappa shape index (κ3) is 5.72. The van der Waals surface area contributed by atoms with Gasteiger partial charge in [-0.25, -0.2) is 0 Å². The van der Waals surface area contributed by atoms with Gasteiger partial charge in [-0.1, -0.05) is 65.5 Å². The van der Waals surface area contributed by atoms with Gasteiger partial charge >= 0.3 is 0 Å². The molecule has 0 saturated heterocycles. The Kier molecular flexibility index (Phi) is 9.14. The second kappa shape index (κ2) is 11.7. The van der Waals surface area contributed by atoms with Crippen LogP contribution >= 0.6 is 0 Å². The normalized spacial score (nSPS) is 39.2. The lowest BCUT2D eigenvalue weighted by atomic mass is 9.47. The van der Waals surface area contributed by atoms with E-state index in [0.717, 1.165) is 55.0 Å². The first-order valence-corrected chi connectivity index (χ1v) is 15.2. The molecule has 1 unspecified atom stereocenters. The van der Waals surface area contributed by atoms with Crippen LogP contribution < -0.4 is 0 Å². The SMILES string of the molecule is CC(C)CCC[C@@H](C)[C@H]1CC[C@H]2[C@@H]3CC=C4CC(OCCC#CCCO)CC[C@]4(C)[C@H]3CC[C@]12C. The number of hydrogen-bond donors (Lipinski definition) is 1. The number of aliphatic hydroxyl groups excluding tert-OH is 1. The van der Waals surface area contributed by atoms with Gasteiger partial charge in [0.2, 0.25) is 0 Å². The molecule has 2 heteroatoms. The van der Waals surface area contributed by atoms with Gasteiger partial charge in [-0.05, 0) is 97.7 Å². The number of aliphatic hydroxyl groups is 1. The van der Waals surface area contributed by atoms with E-state index in [1.807, 2.05) is 0 Å². The molecular formula is C33H54O2. The summed E-state index contributed by atoms with van der Waals surface area (Å²) in [6.07, 6.45) is 19.5. The van der Waals surface area contributed by atoms with Gasteiger partial charge in [-0.3, -0.25) is 0 Å². The van der Waals surface area contributed by atoms with Crippen LogP contribution in [0.3, 0.4) is 0 Å². The Labute approximate surface area is 217 Å². The highest BCUT2D eigenvalue weighted by Crippen LogP contribution is 2.67. The molecule has 3 fully saturated rings. The first kappa shape index (κ1) is 27.3. The predicted octanol–water partition coefficient (Wildman–Crippen LogP) is 8.19. The van der Waals surface area contributed by atoms with E-state index in [2.05, 4.69) is 52.5 Å². The summed E-state index contributed by atoms with van der Waals surface area (Å²) in [6, 6.07) is 0. The Morgan fingerprint density at radius 2 is 1.80 bits per heavy atom. The minimum absolute atomic E-state index is 0.156. The van der Waals surface area contributed by atoms with E-state index in [1.54, 1.807) is 5.57 Å². The number of rotatable bonds is 9. The molecule has 0 aromatic rings. The molecule has 2 nitrogen and oxygen atoms in total. The van der Waals surface area contributed by atoms with Crippen LogP contribution in [-0.4, -0.2) is 24.4 Å². The lowest BCUT2D eigenvalue weighted by molar-refractivity contribution is -0.0635. The highest BCUT2D eigenvalue weighted by molar-refractivity contribution is 5.25. The molecule has 0 bridgehead atoms. The van der Waals surface area contributed by atoms with Crippen molar-refractivity contribution in [3.63, 3.8) is 0 Å². The standard InChI is InChI=1S/C33H54O2/c1-24(2)11-10-12-25(3)29-15-16-30-28-14-13-26-23-27(35-22-9-7-6-8-21-34)17-19-32(26,4)31(28)18-20-33(29,30)5/h13,24-25,27-31,34H,8-12,14-23H2,1-5H3/t25-,27?,28+,29-,30+,31+,32+,33-/m1/s1. The molecule has 0 aromatic heterocycles. The molecule has 0 aromatic carbocycles. The zero-order valence-corrected chi connectivity index (χ0v) is 23.6. The lowest BCUT2D eigenvalue weighted by Gasteiger charge is -2.58. The molecule has 4 aliphatic carbocycles. The molecule has 3 saturated carbocycles. The highest BCUT2D eigenvalue weighted by Gasteiger charge is 2.59. The fourth-order valence-electron chi connectivity index (χ4n) is 9.30. The maximum atomic E-state index is 8.85. The van der Waals surface area contributed by atoms with Crippen LogP contribution in [0.25, 0.3) is 0 Å². The van der Waals surface area contributed by atoms with Crippen molar-refractivity contribution in [3.8, 4) is 11.8 Å². The van der Waals surface area contributed by atoms with Crippen molar-refractivity contribution in [1.29, 1.82) is 0 Å². The van der Waals surface area contributed by atoms with E-state index in [-0.39, 0.29) is 6.61 Å². The summed E-state index contributed by atoms with van der Waals surface area (Å²) in [4.78, 5) is 0. The van der Waals surface area contributed by atoms with Crippen molar-refractivity contribution in [2.24, 2.45) is 46.3 Å². The van der Waals surface area contributed by atoms with E-state index in [9.17, 15) is 0 Å². The zero-order valence-electron chi connectivity index (χ0n) is 23.6. The molecule has 0 aliphatic heterocycles. The van der Waals surface area contributed by atoms with E-state index >= 15 is 0 Å². The molecule has 0 heterocycles. The number of allylic oxidation sites excluding steroid dienone is 1. The van der Waals surface area contributed by atoms with Crippen LogP contribution in [0.1, 0.15) is 118 Å². The van der Waals surface area contributed by atoms with Crippen LogP contribution in [-0.2, 0) is 4.74 Å². The van der Waals surface area contributed by atoms with Gasteiger partial charge in [0, 0.05) is 12.8 Å². The Balaban J connectivity index is 1.36. The molecule has 35 heavy (non-hydrogen) atoms. The minimum atomic E-state index is 0.156. The van der Waals surface area contributed by atoms with Crippen molar-refractivity contribution in [1.82, 2.24) is 0 Å². The Morgan fingerprint density at radius 1 is 1.00 bits per heavy atom. The molecule has 4 aliphatic rings. The predicted molar refractivity (Wildman–Crippen MR) is 147 cm³/mol. The average molecular weight is 483 g/mol. The third-order valence-corrected chi connectivity index (χ3v) is 11.2. The Hall–Kier alpha value is -0.780. The van der Waals surface area contributed by atoms with Gasteiger partial charge in [-0.2, -0.15) is 0 Å². The second-order valence-corrected chi connectivity index (χ2v) is 13.6. The van der Waals surface area contributed by atoms with Crippen LogP contribution in [0.5, 0.6) is 0 Å². The second-order valence-electron chi connectivity index (χ2n) is 13.6. The minimum Gasteiger partial charge on any atom is -0.395 e. The molecule has 0 amide bonds. The van der Waals surface area contributed by atoms with Crippen LogP contribution in [0.2, 0.25) is 0 Å². The summed E-state index contributed by atoms with van der Waals surface area (Å²) in [5.41, 5.74) is 2.71. The van der Waals surface area contributed by atoms with Crippen LogP contribution in [0, 0.1) is 58.2 Å². The van der Waals surface area contributed by atoms with Gasteiger partial charge < -0.3 is 9.84 Å². The summed E-state index contributed by atoms with van der Waals surface area (Å²) in [6.45, 7) is 13.6. The van der Waals surface area contributed by atoms with Crippen molar-refractivity contribution in [3.05, 3.63) is 11.6 Å². The fraction of sp³-hybridized carbons (Fsp3) is 0.879. The fourth-order valence-corrected chi connectivity index (χ4v) is 9.30. The zero-order chi connectivity index (χ0) is 25.1. The Morgan fingerprint density at radius 3 is 2.57 bits per heavy atom. The number of hydrogen-bond acceptors (Lipinski definition) is 2. The summed E-state index contributed by atoms with van der Waals surface area (Å²) in [5.74, 6) is 11.6. The lowest BCUT2D eigenvalue weighted by Crippen LogP contribution is -2.51. The molecule has 4 rings (SSSR count). The number of ether oxygens (including phenoxy) is 1. The third-order valence-electron chi connectivity index (χ3n) is 11.2. The quantitative estimate of drug-likeness (QED) is 0.204. The van der Waals surface area contributed by atoms with Crippen LogP contribution in [0.4, 0.5) is 0 Å². The summed E-state index contributed by atoms with van der Waals surface area (Å²) >= 11 is 0. The molecular weight excluding hydrogens is 428 g/mol. The van der Waals surface area contributed by atoms with E-state index in [0.29, 0.717) is 23.4 Å². The highest BCUT2D eigenvalue weighted by atomic mass is 16.5. The number of fused-ring (bicyclic) bond motifs is 5. The first-order chi connectivity index (χ1) is 16.8. The molecule has 8 atom stereocenters.